The van der Waals surface area contributed by atoms with Crippen molar-refractivity contribution < 1.29 is 5.11 Å². The van der Waals surface area contributed by atoms with Crippen LogP contribution in [0.1, 0.15) is 16.0 Å². The van der Waals surface area contributed by atoms with Crippen LogP contribution in [0.5, 0.6) is 5.75 Å². The minimum absolute atomic E-state index is 0.325. The highest BCUT2D eigenvalue weighted by Crippen LogP contribution is 2.48. The minimum atomic E-state index is 0.325. The van der Waals surface area contributed by atoms with E-state index in [1.165, 1.54) is 21.4 Å². The maximum atomic E-state index is 10.8. The molecule has 0 aliphatic carbocycles. The Hall–Kier alpha value is -2.56. The molecule has 0 spiro atoms. The molecule has 0 atom stereocenters. The van der Waals surface area contributed by atoms with Gasteiger partial charge in [0.15, 0.2) is 0 Å². The molecule has 3 N–H and O–H groups in total. The molecule has 3 nitrogen and oxygen atoms in total. The van der Waals surface area contributed by atoms with Gasteiger partial charge in [0.2, 0.25) is 0 Å². The van der Waals surface area contributed by atoms with Gasteiger partial charge in [0.05, 0.1) is 10.4 Å². The van der Waals surface area contributed by atoms with Gasteiger partial charge in [-0.2, -0.15) is 0 Å². The second kappa shape index (κ2) is 5.48. The fourth-order valence-electron chi connectivity index (χ4n) is 3.99. The molecule has 5 rings (SSSR count). The van der Waals surface area contributed by atoms with Crippen LogP contribution in [-0.2, 0) is 19.6 Å². The SMILES string of the molecule is Nc1sc2c3c(c4ccccc4c(O)c13)CN(Cc1ccccc1)C2. The molecular formula is C21H18N2OS. The summed E-state index contributed by atoms with van der Waals surface area (Å²) in [6, 6.07) is 18.6. The second-order valence-electron chi connectivity index (χ2n) is 6.64. The van der Waals surface area contributed by atoms with E-state index in [2.05, 4.69) is 41.3 Å². The minimum Gasteiger partial charge on any atom is -0.507 e. The molecule has 0 saturated heterocycles. The summed E-state index contributed by atoms with van der Waals surface area (Å²) in [4.78, 5) is 3.71. The van der Waals surface area contributed by atoms with Crippen LogP contribution in [0.4, 0.5) is 5.00 Å². The Morgan fingerprint density at radius 1 is 0.920 bits per heavy atom. The lowest BCUT2D eigenvalue weighted by Gasteiger charge is -2.28. The number of hydrogen-bond donors (Lipinski definition) is 2. The molecule has 0 radical (unpaired) electrons. The Morgan fingerprint density at radius 2 is 1.64 bits per heavy atom. The van der Waals surface area contributed by atoms with E-state index in [0.29, 0.717) is 5.75 Å². The maximum Gasteiger partial charge on any atom is 0.134 e. The summed E-state index contributed by atoms with van der Waals surface area (Å²) >= 11 is 1.61. The molecule has 25 heavy (non-hydrogen) atoms. The van der Waals surface area contributed by atoms with Crippen LogP contribution >= 0.6 is 11.3 Å². The first kappa shape index (κ1) is 14.8. The molecule has 1 aliphatic heterocycles. The van der Waals surface area contributed by atoms with Crippen LogP contribution < -0.4 is 5.73 Å². The maximum absolute atomic E-state index is 10.8. The van der Waals surface area contributed by atoms with E-state index in [4.69, 9.17) is 5.73 Å². The molecular weight excluding hydrogens is 328 g/mol. The van der Waals surface area contributed by atoms with E-state index in [0.717, 1.165) is 40.8 Å². The highest BCUT2D eigenvalue weighted by molar-refractivity contribution is 7.18. The van der Waals surface area contributed by atoms with Crippen molar-refractivity contribution in [2.45, 2.75) is 19.6 Å². The quantitative estimate of drug-likeness (QED) is 0.545. The Kier molecular flexibility index (Phi) is 3.23. The zero-order valence-electron chi connectivity index (χ0n) is 13.7. The molecule has 0 bridgehead atoms. The van der Waals surface area contributed by atoms with Gasteiger partial charge >= 0.3 is 0 Å². The Labute approximate surface area is 149 Å². The summed E-state index contributed by atoms with van der Waals surface area (Å²) in [5, 5.41) is 15.5. The van der Waals surface area contributed by atoms with Crippen molar-refractivity contribution in [2.24, 2.45) is 0 Å². The summed E-state index contributed by atoms with van der Waals surface area (Å²) in [6.07, 6.45) is 0. The van der Waals surface area contributed by atoms with Crippen LogP contribution in [0, 0.1) is 0 Å². The predicted molar refractivity (Wildman–Crippen MR) is 105 cm³/mol. The monoisotopic (exact) mass is 346 g/mol. The summed E-state index contributed by atoms with van der Waals surface area (Å²) in [5.41, 5.74) is 8.88. The van der Waals surface area contributed by atoms with Gasteiger partial charge < -0.3 is 10.8 Å². The molecule has 0 unspecified atom stereocenters. The first-order chi connectivity index (χ1) is 12.2. The summed E-state index contributed by atoms with van der Waals surface area (Å²) in [7, 11) is 0. The van der Waals surface area contributed by atoms with Crippen molar-refractivity contribution in [2.75, 3.05) is 5.73 Å². The van der Waals surface area contributed by atoms with Crippen molar-refractivity contribution in [3.05, 3.63) is 70.6 Å². The molecule has 1 aromatic heterocycles. The summed E-state index contributed by atoms with van der Waals surface area (Å²) in [5.74, 6) is 0.325. The number of anilines is 1. The average molecular weight is 346 g/mol. The van der Waals surface area contributed by atoms with Crippen LogP contribution in [0.15, 0.2) is 54.6 Å². The molecule has 3 aromatic carbocycles. The van der Waals surface area contributed by atoms with E-state index in [1.807, 2.05) is 18.2 Å². The Morgan fingerprint density at radius 3 is 2.44 bits per heavy atom. The molecule has 1 aliphatic rings. The summed E-state index contributed by atoms with van der Waals surface area (Å²) in [6.45, 7) is 2.65. The third-order valence-corrected chi connectivity index (χ3v) is 6.06. The number of thiophene rings is 1. The van der Waals surface area contributed by atoms with E-state index >= 15 is 0 Å². The molecule has 2 heterocycles. The van der Waals surface area contributed by atoms with Gasteiger partial charge in [0, 0.05) is 35.3 Å². The van der Waals surface area contributed by atoms with Crippen LogP contribution in [0.2, 0.25) is 0 Å². The Balaban J connectivity index is 1.70. The van der Waals surface area contributed by atoms with Gasteiger partial charge in [0.25, 0.3) is 0 Å². The number of rotatable bonds is 2. The standard InChI is InChI=1S/C21H18N2OS/c22-21-19-18-16(14-8-4-5-9-15(14)20(19)24)11-23(12-17(18)25-21)10-13-6-2-1-3-7-13/h1-9,24H,10-12,22H2. The number of aromatic hydroxyl groups is 1. The lowest BCUT2D eigenvalue weighted by Crippen LogP contribution is -2.25. The number of fused-ring (bicyclic) bond motifs is 2. The molecule has 4 heteroatoms. The number of nitrogen functional groups attached to an aromatic ring is 1. The van der Waals surface area contributed by atoms with Gasteiger partial charge in [-0.05, 0) is 16.5 Å². The molecule has 0 amide bonds. The number of phenols is 1. The van der Waals surface area contributed by atoms with Crippen molar-refractivity contribution in [3.63, 3.8) is 0 Å². The van der Waals surface area contributed by atoms with Gasteiger partial charge in [-0.25, -0.2) is 0 Å². The number of nitrogens with zero attached hydrogens (tertiary/aromatic N) is 1. The highest BCUT2D eigenvalue weighted by atomic mass is 32.1. The first-order valence-corrected chi connectivity index (χ1v) is 9.23. The van der Waals surface area contributed by atoms with E-state index in [1.54, 1.807) is 11.3 Å². The number of hydrogen-bond acceptors (Lipinski definition) is 4. The zero-order chi connectivity index (χ0) is 17.0. The normalized spacial score (nSPS) is 14.4. The number of phenolic OH excluding ortho intramolecular Hbond substituents is 1. The van der Waals surface area contributed by atoms with Crippen molar-refractivity contribution in [1.82, 2.24) is 4.90 Å². The largest absolute Gasteiger partial charge is 0.507 e. The van der Waals surface area contributed by atoms with E-state index in [-0.39, 0.29) is 0 Å². The highest BCUT2D eigenvalue weighted by Gasteiger charge is 2.26. The third-order valence-electron chi connectivity index (χ3n) is 5.05. The van der Waals surface area contributed by atoms with Crippen LogP contribution in [-0.4, -0.2) is 10.0 Å². The van der Waals surface area contributed by atoms with Gasteiger partial charge in [-0.1, -0.05) is 54.6 Å². The molecule has 0 fully saturated rings. The number of nitrogens with two attached hydrogens (primary N) is 1. The van der Waals surface area contributed by atoms with Crippen molar-refractivity contribution >= 4 is 37.9 Å². The predicted octanol–water partition coefficient (Wildman–Crippen LogP) is 4.86. The van der Waals surface area contributed by atoms with Gasteiger partial charge in [0.1, 0.15) is 5.75 Å². The molecule has 0 saturated carbocycles. The number of benzene rings is 3. The summed E-state index contributed by atoms with van der Waals surface area (Å²) < 4.78 is 0. The zero-order valence-corrected chi connectivity index (χ0v) is 14.5. The topological polar surface area (TPSA) is 49.5 Å². The third kappa shape index (κ3) is 2.22. The first-order valence-electron chi connectivity index (χ1n) is 8.42. The smallest absolute Gasteiger partial charge is 0.134 e. The van der Waals surface area contributed by atoms with Gasteiger partial charge in [-0.3, -0.25) is 4.90 Å². The fourth-order valence-corrected chi connectivity index (χ4v) is 5.13. The van der Waals surface area contributed by atoms with Gasteiger partial charge in [-0.15, -0.1) is 11.3 Å². The fraction of sp³-hybridized carbons (Fsp3) is 0.143. The van der Waals surface area contributed by atoms with E-state index < -0.39 is 0 Å². The Bertz CT molecular complexity index is 1100. The van der Waals surface area contributed by atoms with E-state index in [9.17, 15) is 5.11 Å². The average Bonchev–Trinajstić information content (AvgIpc) is 2.97. The molecule has 4 aromatic rings. The van der Waals surface area contributed by atoms with Crippen LogP contribution in [0.25, 0.3) is 21.5 Å². The lowest BCUT2D eigenvalue weighted by molar-refractivity contribution is 0.247. The van der Waals surface area contributed by atoms with Crippen LogP contribution in [0.3, 0.4) is 0 Å². The second-order valence-corrected chi connectivity index (χ2v) is 7.78. The van der Waals surface area contributed by atoms with Crippen molar-refractivity contribution in [3.8, 4) is 5.75 Å². The lowest BCUT2D eigenvalue weighted by atomic mass is 9.94. The molecule has 124 valence electrons. The van der Waals surface area contributed by atoms with Crippen molar-refractivity contribution in [1.29, 1.82) is 0 Å².